The highest BCUT2D eigenvalue weighted by Gasteiger charge is 2.18. The van der Waals surface area contributed by atoms with Gasteiger partial charge in [-0.05, 0) is 61.4 Å². The zero-order valence-corrected chi connectivity index (χ0v) is 15.8. The van der Waals surface area contributed by atoms with Crippen LogP contribution in [0.3, 0.4) is 0 Å². The lowest BCUT2D eigenvalue weighted by molar-refractivity contribution is 0.221. The molecule has 7 heteroatoms. The molecule has 3 aromatic rings. The Kier molecular flexibility index (Phi) is 5.23. The van der Waals surface area contributed by atoms with Crippen molar-refractivity contribution in [2.24, 2.45) is 0 Å². The number of hydrogen-bond donors (Lipinski definition) is 1. The van der Waals surface area contributed by atoms with E-state index in [0.717, 1.165) is 23.4 Å². The van der Waals surface area contributed by atoms with Crippen LogP contribution in [0.1, 0.15) is 32.8 Å². The average Bonchev–Trinajstić information content (AvgIpc) is 3.05. The van der Waals surface area contributed by atoms with E-state index in [1.165, 1.54) is 13.8 Å². The number of benzene rings is 2. The minimum atomic E-state index is -1.37. The second kappa shape index (κ2) is 7.41. The number of tetrazole rings is 1. The first-order chi connectivity index (χ1) is 12.4. The molecular formula is C19H21ClFN5. The number of hydrogen-bond acceptors (Lipinski definition) is 4. The van der Waals surface area contributed by atoms with Gasteiger partial charge in [0.15, 0.2) is 0 Å². The van der Waals surface area contributed by atoms with Gasteiger partial charge in [0.2, 0.25) is 5.82 Å². The average molecular weight is 374 g/mol. The highest BCUT2D eigenvalue weighted by molar-refractivity contribution is 6.31. The van der Waals surface area contributed by atoms with Crippen LogP contribution in [-0.4, -0.2) is 20.2 Å². The summed E-state index contributed by atoms with van der Waals surface area (Å²) < 4.78 is 14.0. The molecule has 0 aliphatic heterocycles. The Morgan fingerprint density at radius 1 is 1.15 bits per heavy atom. The molecule has 0 bridgehead atoms. The number of alkyl halides is 1. The van der Waals surface area contributed by atoms with Crippen molar-refractivity contribution >= 4 is 23.0 Å². The molecule has 26 heavy (non-hydrogen) atoms. The molecule has 0 aliphatic carbocycles. The maximum absolute atomic E-state index is 14.0. The Morgan fingerprint density at radius 2 is 1.88 bits per heavy atom. The van der Waals surface area contributed by atoms with Crippen molar-refractivity contribution in [1.29, 1.82) is 0 Å². The van der Waals surface area contributed by atoms with Gasteiger partial charge >= 0.3 is 0 Å². The topological polar surface area (TPSA) is 55.6 Å². The monoisotopic (exact) mass is 373 g/mol. The number of halogens is 2. The molecule has 136 valence electrons. The van der Waals surface area contributed by atoms with Gasteiger partial charge in [-0.25, -0.2) is 4.39 Å². The molecular weight excluding hydrogens is 353 g/mol. The van der Waals surface area contributed by atoms with E-state index in [4.69, 9.17) is 11.6 Å². The highest BCUT2D eigenvalue weighted by Crippen LogP contribution is 2.32. The van der Waals surface area contributed by atoms with Gasteiger partial charge in [-0.3, -0.25) is 0 Å². The Balaban J connectivity index is 1.90. The lowest BCUT2D eigenvalue weighted by Crippen LogP contribution is -2.08. The summed E-state index contributed by atoms with van der Waals surface area (Å²) in [6.45, 7) is 5.84. The molecule has 1 N–H and O–H groups in total. The first kappa shape index (κ1) is 18.3. The van der Waals surface area contributed by atoms with Crippen molar-refractivity contribution in [3.05, 3.63) is 53.1 Å². The van der Waals surface area contributed by atoms with Crippen LogP contribution < -0.4 is 5.32 Å². The predicted octanol–water partition coefficient (Wildman–Crippen LogP) is 5.35. The molecule has 1 aromatic heterocycles. The molecule has 0 aliphatic rings. The minimum absolute atomic E-state index is 0.505. The number of nitrogens with zero attached hydrogens (tertiary/aromatic N) is 4. The van der Waals surface area contributed by atoms with E-state index in [1.54, 1.807) is 29.1 Å². The molecule has 1 heterocycles. The van der Waals surface area contributed by atoms with Crippen molar-refractivity contribution in [1.82, 2.24) is 20.2 Å². The van der Waals surface area contributed by atoms with E-state index in [1.807, 2.05) is 18.2 Å². The quantitative estimate of drug-likeness (QED) is 0.632. The first-order valence-electron chi connectivity index (χ1n) is 8.51. The third-order valence-corrected chi connectivity index (χ3v) is 4.18. The van der Waals surface area contributed by atoms with E-state index >= 15 is 0 Å². The Morgan fingerprint density at radius 3 is 2.54 bits per heavy atom. The van der Waals surface area contributed by atoms with E-state index in [0.29, 0.717) is 23.0 Å². The summed E-state index contributed by atoms with van der Waals surface area (Å²) >= 11 is 6.16. The lowest BCUT2D eigenvalue weighted by Gasteiger charge is -2.16. The number of nitrogens with one attached hydrogen (secondary N) is 1. The van der Waals surface area contributed by atoms with Gasteiger partial charge < -0.3 is 5.32 Å². The number of aromatic nitrogens is 4. The highest BCUT2D eigenvalue weighted by atomic mass is 35.5. The SMILES string of the molecule is CCCn1nnc(-c2cc(Cl)ccc2Nc2ccc(C(C)(C)F)cc2)n1. The Hall–Kier alpha value is -2.47. The summed E-state index contributed by atoms with van der Waals surface area (Å²) in [5.74, 6) is 0.505. The summed E-state index contributed by atoms with van der Waals surface area (Å²) in [6.07, 6.45) is 0.924. The standard InChI is InChI=1S/C19H21ClFN5/c1-4-11-26-24-18(23-25-26)16-12-14(20)7-10-17(16)22-15-8-5-13(6-9-15)19(2,3)21/h5-10,12,22H,4,11H2,1-3H3. The van der Waals surface area contributed by atoms with Crippen LogP contribution in [0.15, 0.2) is 42.5 Å². The van der Waals surface area contributed by atoms with Gasteiger partial charge in [0.05, 0.1) is 6.54 Å². The van der Waals surface area contributed by atoms with Crippen molar-refractivity contribution in [2.45, 2.75) is 39.4 Å². The maximum Gasteiger partial charge on any atom is 0.207 e. The van der Waals surface area contributed by atoms with Crippen LogP contribution in [0, 0.1) is 0 Å². The van der Waals surface area contributed by atoms with Crippen LogP contribution in [0.2, 0.25) is 5.02 Å². The summed E-state index contributed by atoms with van der Waals surface area (Å²) in [5.41, 5.74) is 1.66. The maximum atomic E-state index is 14.0. The number of aryl methyl sites for hydroxylation is 1. The van der Waals surface area contributed by atoms with E-state index in [-0.39, 0.29) is 0 Å². The molecule has 2 aromatic carbocycles. The van der Waals surface area contributed by atoms with Crippen molar-refractivity contribution < 1.29 is 4.39 Å². The van der Waals surface area contributed by atoms with Gasteiger partial charge in [-0.1, -0.05) is 30.7 Å². The van der Waals surface area contributed by atoms with E-state index < -0.39 is 5.67 Å². The van der Waals surface area contributed by atoms with Crippen LogP contribution in [0.5, 0.6) is 0 Å². The van der Waals surface area contributed by atoms with E-state index in [9.17, 15) is 4.39 Å². The summed E-state index contributed by atoms with van der Waals surface area (Å²) in [6, 6.07) is 12.7. The molecule has 0 amide bonds. The Labute approximate surface area is 157 Å². The molecule has 0 fully saturated rings. The third kappa shape index (κ3) is 4.19. The predicted molar refractivity (Wildman–Crippen MR) is 102 cm³/mol. The van der Waals surface area contributed by atoms with Crippen molar-refractivity contribution in [3.63, 3.8) is 0 Å². The lowest BCUT2D eigenvalue weighted by atomic mass is 10.00. The fraction of sp³-hybridized carbons (Fsp3) is 0.316. The van der Waals surface area contributed by atoms with Crippen molar-refractivity contribution in [2.75, 3.05) is 5.32 Å². The zero-order chi connectivity index (χ0) is 18.7. The third-order valence-electron chi connectivity index (χ3n) is 3.95. The summed E-state index contributed by atoms with van der Waals surface area (Å²) in [5, 5.41) is 16.5. The second-order valence-electron chi connectivity index (χ2n) is 6.57. The summed E-state index contributed by atoms with van der Waals surface area (Å²) in [7, 11) is 0. The fourth-order valence-electron chi connectivity index (χ4n) is 2.56. The first-order valence-corrected chi connectivity index (χ1v) is 8.89. The van der Waals surface area contributed by atoms with Gasteiger partial charge in [0.1, 0.15) is 5.67 Å². The van der Waals surface area contributed by atoms with Gasteiger partial charge in [-0.2, -0.15) is 4.80 Å². The molecule has 0 spiro atoms. The molecule has 3 rings (SSSR count). The molecule has 0 radical (unpaired) electrons. The van der Waals surface area contributed by atoms with Crippen LogP contribution in [-0.2, 0) is 12.2 Å². The summed E-state index contributed by atoms with van der Waals surface area (Å²) in [4.78, 5) is 1.57. The number of rotatable bonds is 6. The van der Waals surface area contributed by atoms with E-state index in [2.05, 4.69) is 27.7 Å². The van der Waals surface area contributed by atoms with Gasteiger partial charge in [-0.15, -0.1) is 10.2 Å². The minimum Gasteiger partial charge on any atom is -0.355 e. The molecule has 0 unspecified atom stereocenters. The van der Waals surface area contributed by atoms with Crippen molar-refractivity contribution in [3.8, 4) is 11.4 Å². The molecule has 0 saturated carbocycles. The van der Waals surface area contributed by atoms with Crippen LogP contribution in [0.4, 0.5) is 15.8 Å². The second-order valence-corrected chi connectivity index (χ2v) is 7.01. The van der Waals surface area contributed by atoms with Crippen LogP contribution in [0.25, 0.3) is 11.4 Å². The number of anilines is 2. The largest absolute Gasteiger partial charge is 0.355 e. The van der Waals surface area contributed by atoms with Crippen LogP contribution >= 0.6 is 11.6 Å². The Bertz CT molecular complexity index is 884. The fourth-order valence-corrected chi connectivity index (χ4v) is 2.73. The molecule has 0 saturated heterocycles. The normalized spacial score (nSPS) is 11.6. The molecule has 5 nitrogen and oxygen atoms in total. The smallest absolute Gasteiger partial charge is 0.207 e. The van der Waals surface area contributed by atoms with Gasteiger partial charge in [0, 0.05) is 22.0 Å². The zero-order valence-electron chi connectivity index (χ0n) is 15.0. The van der Waals surface area contributed by atoms with Gasteiger partial charge in [0.25, 0.3) is 0 Å². The molecule has 0 atom stereocenters.